The number of carbonyl (C=O) groups is 2. The number of nitrogens with one attached hydrogen (secondary N) is 2. The fraction of sp³-hybridized carbons (Fsp3) is 0.263. The first-order valence-electron chi connectivity index (χ1n) is 7.99. The molecule has 0 aromatic heterocycles. The number of anilines is 2. The van der Waals surface area contributed by atoms with Crippen LogP contribution in [0.1, 0.15) is 20.8 Å². The first-order chi connectivity index (χ1) is 11.8. The maximum atomic E-state index is 12.3. The monoisotopic (exact) mass is 360 g/mol. The van der Waals surface area contributed by atoms with Crippen LogP contribution in [-0.4, -0.2) is 17.9 Å². The summed E-state index contributed by atoms with van der Waals surface area (Å²) in [6.07, 6.45) is -0.685. The smallest absolute Gasteiger partial charge is 0.265 e. The predicted octanol–water partition coefficient (Wildman–Crippen LogP) is 4.34. The number of carbonyl (C=O) groups excluding carboxylic acids is 2. The Morgan fingerprint density at radius 2 is 1.48 bits per heavy atom. The number of halogens is 1. The summed E-state index contributed by atoms with van der Waals surface area (Å²) in [5, 5.41) is 6.17. The van der Waals surface area contributed by atoms with Gasteiger partial charge in [-0.3, -0.25) is 9.59 Å². The zero-order valence-electron chi connectivity index (χ0n) is 14.4. The van der Waals surface area contributed by atoms with Crippen LogP contribution in [0.3, 0.4) is 0 Å². The van der Waals surface area contributed by atoms with Gasteiger partial charge in [-0.2, -0.15) is 0 Å². The zero-order chi connectivity index (χ0) is 18.4. The third-order valence-electron chi connectivity index (χ3n) is 3.42. The molecule has 6 heteroatoms. The van der Waals surface area contributed by atoms with Crippen molar-refractivity contribution in [3.8, 4) is 5.75 Å². The average Bonchev–Trinajstić information content (AvgIpc) is 2.57. The lowest BCUT2D eigenvalue weighted by atomic mass is 10.2. The summed E-state index contributed by atoms with van der Waals surface area (Å²) in [5.41, 5.74) is 1.21. The minimum atomic E-state index is -0.685. The van der Waals surface area contributed by atoms with Crippen LogP contribution in [-0.2, 0) is 9.59 Å². The summed E-state index contributed by atoms with van der Waals surface area (Å²) < 4.78 is 5.59. The molecule has 0 bridgehead atoms. The second-order valence-corrected chi connectivity index (χ2v) is 6.36. The third kappa shape index (κ3) is 5.80. The van der Waals surface area contributed by atoms with Gasteiger partial charge in [0.25, 0.3) is 5.91 Å². The quantitative estimate of drug-likeness (QED) is 0.805. The molecule has 0 saturated carbocycles. The lowest BCUT2D eigenvalue weighted by molar-refractivity contribution is -0.122. The van der Waals surface area contributed by atoms with Crippen LogP contribution in [0.15, 0.2) is 48.5 Å². The van der Waals surface area contributed by atoms with E-state index in [9.17, 15) is 9.59 Å². The SMILES string of the molecule is CC(C)C(=O)Nc1cccc(NC(=O)C(C)Oc2ccc(Cl)cc2)c1. The Hall–Kier alpha value is -2.53. The summed E-state index contributed by atoms with van der Waals surface area (Å²) in [6.45, 7) is 5.29. The first-order valence-corrected chi connectivity index (χ1v) is 8.37. The number of hydrogen-bond acceptors (Lipinski definition) is 3. The molecule has 0 spiro atoms. The molecule has 0 saturated heterocycles. The molecule has 0 aliphatic heterocycles. The fourth-order valence-corrected chi connectivity index (χ4v) is 2.10. The molecule has 0 fully saturated rings. The molecule has 2 rings (SSSR count). The van der Waals surface area contributed by atoms with Crippen LogP contribution in [0.25, 0.3) is 0 Å². The van der Waals surface area contributed by atoms with E-state index >= 15 is 0 Å². The molecule has 5 nitrogen and oxygen atoms in total. The highest BCUT2D eigenvalue weighted by atomic mass is 35.5. The standard InChI is InChI=1S/C19H21ClN2O3/c1-12(2)18(23)21-15-5-4-6-16(11-15)22-19(24)13(3)25-17-9-7-14(20)8-10-17/h4-13H,1-3H3,(H,21,23)(H,22,24). The van der Waals surface area contributed by atoms with Crippen molar-refractivity contribution in [1.82, 2.24) is 0 Å². The van der Waals surface area contributed by atoms with E-state index in [2.05, 4.69) is 10.6 Å². The van der Waals surface area contributed by atoms with Crippen molar-refractivity contribution in [3.05, 3.63) is 53.6 Å². The van der Waals surface area contributed by atoms with E-state index in [0.717, 1.165) is 0 Å². The first kappa shape index (κ1) is 18.8. The molecule has 2 N–H and O–H groups in total. The van der Waals surface area contributed by atoms with Gasteiger partial charge >= 0.3 is 0 Å². The Balaban J connectivity index is 1.97. The number of rotatable bonds is 6. The van der Waals surface area contributed by atoms with Crippen molar-refractivity contribution in [3.63, 3.8) is 0 Å². The van der Waals surface area contributed by atoms with Crippen molar-refractivity contribution >= 4 is 34.8 Å². The van der Waals surface area contributed by atoms with E-state index < -0.39 is 6.10 Å². The maximum absolute atomic E-state index is 12.3. The van der Waals surface area contributed by atoms with E-state index in [1.807, 2.05) is 13.8 Å². The van der Waals surface area contributed by atoms with E-state index in [1.165, 1.54) is 0 Å². The molecule has 0 radical (unpaired) electrons. The van der Waals surface area contributed by atoms with Crippen LogP contribution < -0.4 is 15.4 Å². The molecule has 0 heterocycles. The molecular weight excluding hydrogens is 340 g/mol. The Morgan fingerprint density at radius 1 is 0.920 bits per heavy atom. The summed E-state index contributed by atoms with van der Waals surface area (Å²) in [6, 6.07) is 13.8. The molecular formula is C19H21ClN2O3. The average molecular weight is 361 g/mol. The van der Waals surface area contributed by atoms with E-state index in [1.54, 1.807) is 55.5 Å². The fourth-order valence-electron chi connectivity index (χ4n) is 1.98. The molecule has 1 atom stereocenters. The highest BCUT2D eigenvalue weighted by Crippen LogP contribution is 2.19. The molecule has 0 aliphatic rings. The number of hydrogen-bond donors (Lipinski definition) is 2. The highest BCUT2D eigenvalue weighted by Gasteiger charge is 2.15. The van der Waals surface area contributed by atoms with Gasteiger partial charge in [-0.15, -0.1) is 0 Å². The number of ether oxygens (including phenoxy) is 1. The third-order valence-corrected chi connectivity index (χ3v) is 3.67. The normalized spacial score (nSPS) is 11.7. The van der Waals surface area contributed by atoms with E-state index in [-0.39, 0.29) is 17.7 Å². The van der Waals surface area contributed by atoms with Gasteiger partial charge in [-0.1, -0.05) is 31.5 Å². The number of benzene rings is 2. The van der Waals surface area contributed by atoms with Gasteiger partial charge in [-0.25, -0.2) is 0 Å². The molecule has 0 aliphatic carbocycles. The van der Waals surface area contributed by atoms with Crippen molar-refractivity contribution in [2.45, 2.75) is 26.9 Å². The van der Waals surface area contributed by atoms with Crippen LogP contribution in [0.5, 0.6) is 5.75 Å². The van der Waals surface area contributed by atoms with E-state index in [0.29, 0.717) is 22.1 Å². The predicted molar refractivity (Wildman–Crippen MR) is 100 cm³/mol. The molecule has 2 aromatic rings. The molecule has 132 valence electrons. The van der Waals surface area contributed by atoms with Gasteiger partial charge in [0.15, 0.2) is 6.10 Å². The van der Waals surface area contributed by atoms with Crippen molar-refractivity contribution in [2.75, 3.05) is 10.6 Å². The van der Waals surface area contributed by atoms with Gasteiger partial charge in [0.05, 0.1) is 0 Å². The maximum Gasteiger partial charge on any atom is 0.265 e. The Labute approximate surface area is 152 Å². The Morgan fingerprint density at radius 3 is 2.04 bits per heavy atom. The lowest BCUT2D eigenvalue weighted by Gasteiger charge is -2.15. The van der Waals surface area contributed by atoms with Gasteiger partial charge in [0.2, 0.25) is 5.91 Å². The second-order valence-electron chi connectivity index (χ2n) is 5.93. The van der Waals surface area contributed by atoms with Crippen LogP contribution in [0.4, 0.5) is 11.4 Å². The summed E-state index contributed by atoms with van der Waals surface area (Å²) in [7, 11) is 0. The van der Waals surface area contributed by atoms with Gasteiger partial charge in [0.1, 0.15) is 5.75 Å². The van der Waals surface area contributed by atoms with Crippen molar-refractivity contribution in [1.29, 1.82) is 0 Å². The molecule has 2 amide bonds. The minimum Gasteiger partial charge on any atom is -0.481 e. The van der Waals surface area contributed by atoms with Crippen LogP contribution >= 0.6 is 11.6 Å². The zero-order valence-corrected chi connectivity index (χ0v) is 15.1. The van der Waals surface area contributed by atoms with Crippen LogP contribution in [0, 0.1) is 5.92 Å². The van der Waals surface area contributed by atoms with Crippen molar-refractivity contribution < 1.29 is 14.3 Å². The topological polar surface area (TPSA) is 67.4 Å². The Bertz CT molecular complexity index is 745. The molecule has 25 heavy (non-hydrogen) atoms. The lowest BCUT2D eigenvalue weighted by Crippen LogP contribution is -2.30. The van der Waals surface area contributed by atoms with Gasteiger partial charge in [0, 0.05) is 22.3 Å². The van der Waals surface area contributed by atoms with Gasteiger partial charge < -0.3 is 15.4 Å². The minimum absolute atomic E-state index is 0.0806. The summed E-state index contributed by atoms with van der Waals surface area (Å²) >= 11 is 5.82. The van der Waals surface area contributed by atoms with Crippen LogP contribution in [0.2, 0.25) is 5.02 Å². The molecule has 1 unspecified atom stereocenters. The van der Waals surface area contributed by atoms with Crippen molar-refractivity contribution in [2.24, 2.45) is 5.92 Å². The second kappa shape index (κ2) is 8.53. The summed E-state index contributed by atoms with van der Waals surface area (Å²) in [4.78, 5) is 24.0. The van der Waals surface area contributed by atoms with E-state index in [4.69, 9.17) is 16.3 Å². The molecule has 2 aromatic carbocycles. The number of amides is 2. The summed E-state index contributed by atoms with van der Waals surface area (Å²) in [5.74, 6) is 0.0706. The van der Waals surface area contributed by atoms with Gasteiger partial charge in [-0.05, 0) is 49.4 Å². The highest BCUT2D eigenvalue weighted by molar-refractivity contribution is 6.30. The largest absolute Gasteiger partial charge is 0.481 e. The Kier molecular flexibility index (Phi) is 6.42.